The zero-order valence-corrected chi connectivity index (χ0v) is 15.5. The van der Waals surface area contributed by atoms with Gasteiger partial charge < -0.3 is 9.84 Å². The van der Waals surface area contributed by atoms with Gasteiger partial charge in [0, 0.05) is 17.7 Å². The average Bonchev–Trinajstić information content (AvgIpc) is 2.95. The number of hydrogen-bond acceptors (Lipinski definition) is 3. The highest BCUT2D eigenvalue weighted by Crippen LogP contribution is 2.26. The van der Waals surface area contributed by atoms with Crippen LogP contribution >= 0.6 is 0 Å². The number of nitrogens with zero attached hydrogens (tertiary/aromatic N) is 1. The molecule has 1 atom stereocenters. The van der Waals surface area contributed by atoms with E-state index in [1.54, 1.807) is 6.07 Å². The van der Waals surface area contributed by atoms with Gasteiger partial charge in [-0.3, -0.25) is 4.79 Å². The summed E-state index contributed by atoms with van der Waals surface area (Å²) in [6, 6.07) is 9.99. The number of benzene rings is 1. The highest BCUT2D eigenvalue weighted by Gasteiger charge is 2.17. The minimum atomic E-state index is -0.190. The number of rotatable bonds is 5. The first-order chi connectivity index (χ1) is 11.2. The summed E-state index contributed by atoms with van der Waals surface area (Å²) in [4.78, 5) is 12.2. The maximum Gasteiger partial charge on any atom is 0.273 e. The molecular weight excluding hydrogens is 300 g/mol. The van der Waals surface area contributed by atoms with Gasteiger partial charge in [0.25, 0.3) is 5.91 Å². The summed E-state index contributed by atoms with van der Waals surface area (Å²) < 4.78 is 5.35. The molecule has 0 saturated heterocycles. The van der Waals surface area contributed by atoms with E-state index >= 15 is 0 Å². The Balaban J connectivity index is 2.09. The van der Waals surface area contributed by atoms with Crippen molar-refractivity contribution < 1.29 is 9.32 Å². The molecule has 130 valence electrons. The second kappa shape index (κ2) is 7.20. The van der Waals surface area contributed by atoms with Crippen LogP contribution in [0.25, 0.3) is 11.3 Å². The standard InChI is InChI=1S/C20H28N2O2/c1-13(2)11-14(3)21-19(23)17-12-18(24-22-17)15-7-9-16(10-8-15)20(4,5)6/h7-10,12-14H,11H2,1-6H3,(H,21,23)/t14-/m1/s1. The first-order valence-electron chi connectivity index (χ1n) is 8.55. The van der Waals surface area contributed by atoms with Crippen LogP contribution in [0.2, 0.25) is 0 Å². The van der Waals surface area contributed by atoms with Gasteiger partial charge in [0.2, 0.25) is 0 Å². The Morgan fingerprint density at radius 2 is 1.79 bits per heavy atom. The molecule has 0 saturated carbocycles. The smallest absolute Gasteiger partial charge is 0.273 e. The van der Waals surface area contributed by atoms with E-state index in [0.717, 1.165) is 12.0 Å². The van der Waals surface area contributed by atoms with Gasteiger partial charge >= 0.3 is 0 Å². The summed E-state index contributed by atoms with van der Waals surface area (Å²) in [5.74, 6) is 0.955. The molecule has 1 aromatic heterocycles. The molecule has 1 aromatic carbocycles. The molecule has 0 unspecified atom stereocenters. The van der Waals surface area contributed by atoms with E-state index in [-0.39, 0.29) is 17.4 Å². The van der Waals surface area contributed by atoms with Crippen molar-refractivity contribution in [2.24, 2.45) is 5.92 Å². The van der Waals surface area contributed by atoms with Crippen molar-refractivity contribution in [1.29, 1.82) is 0 Å². The Kier molecular flexibility index (Phi) is 5.47. The van der Waals surface area contributed by atoms with Gasteiger partial charge in [0.05, 0.1) is 0 Å². The fourth-order valence-electron chi connectivity index (χ4n) is 2.72. The minimum absolute atomic E-state index is 0.109. The van der Waals surface area contributed by atoms with Crippen LogP contribution in [-0.4, -0.2) is 17.1 Å². The maximum atomic E-state index is 12.2. The maximum absolute atomic E-state index is 12.2. The second-order valence-corrected chi connectivity index (χ2v) is 7.91. The van der Waals surface area contributed by atoms with Gasteiger partial charge in [-0.15, -0.1) is 0 Å². The van der Waals surface area contributed by atoms with Crippen LogP contribution < -0.4 is 5.32 Å². The number of hydrogen-bond donors (Lipinski definition) is 1. The zero-order valence-electron chi connectivity index (χ0n) is 15.5. The summed E-state index contributed by atoms with van der Waals surface area (Å²) in [5, 5.41) is 6.87. The Morgan fingerprint density at radius 3 is 2.33 bits per heavy atom. The summed E-state index contributed by atoms with van der Waals surface area (Å²) >= 11 is 0. The fourth-order valence-corrected chi connectivity index (χ4v) is 2.72. The first kappa shape index (κ1) is 18.2. The normalized spacial score (nSPS) is 13.1. The molecule has 0 fully saturated rings. The largest absolute Gasteiger partial charge is 0.355 e. The molecule has 1 heterocycles. The van der Waals surface area contributed by atoms with Crippen LogP contribution in [0.1, 0.15) is 64.0 Å². The molecule has 0 radical (unpaired) electrons. The minimum Gasteiger partial charge on any atom is -0.355 e. The quantitative estimate of drug-likeness (QED) is 0.857. The van der Waals surface area contributed by atoms with Gasteiger partial charge in [-0.1, -0.05) is 64.0 Å². The second-order valence-electron chi connectivity index (χ2n) is 7.91. The Morgan fingerprint density at radius 1 is 1.17 bits per heavy atom. The molecular formula is C20H28N2O2. The molecule has 1 amide bonds. The Hall–Kier alpha value is -2.10. The number of amides is 1. The Bertz CT molecular complexity index is 678. The van der Waals surface area contributed by atoms with Crippen LogP contribution in [0.5, 0.6) is 0 Å². The topological polar surface area (TPSA) is 55.1 Å². The van der Waals surface area contributed by atoms with Crippen LogP contribution in [0.4, 0.5) is 0 Å². The summed E-state index contributed by atoms with van der Waals surface area (Å²) in [7, 11) is 0. The zero-order chi connectivity index (χ0) is 17.9. The van der Waals surface area contributed by atoms with E-state index in [4.69, 9.17) is 4.52 Å². The summed E-state index contributed by atoms with van der Waals surface area (Å²) in [6.07, 6.45) is 0.935. The predicted octanol–water partition coefficient (Wildman–Crippen LogP) is 4.80. The molecule has 2 rings (SSSR count). The van der Waals surface area contributed by atoms with E-state index in [9.17, 15) is 4.79 Å². The number of carbonyl (C=O) groups excluding carboxylic acids is 1. The third-order valence-electron chi connectivity index (χ3n) is 3.98. The van der Waals surface area contributed by atoms with Crippen LogP contribution in [0.15, 0.2) is 34.9 Å². The molecule has 0 aliphatic heterocycles. The summed E-state index contributed by atoms with van der Waals surface area (Å²) in [5.41, 5.74) is 2.61. The van der Waals surface area contributed by atoms with Crippen molar-refractivity contribution in [3.05, 3.63) is 41.6 Å². The summed E-state index contributed by atoms with van der Waals surface area (Å²) in [6.45, 7) is 12.8. The van der Waals surface area contributed by atoms with Crippen molar-refractivity contribution in [2.45, 2.75) is 59.4 Å². The van der Waals surface area contributed by atoms with Crippen molar-refractivity contribution in [1.82, 2.24) is 10.5 Å². The van der Waals surface area contributed by atoms with E-state index in [1.807, 2.05) is 19.1 Å². The van der Waals surface area contributed by atoms with Gasteiger partial charge in [0.15, 0.2) is 11.5 Å². The highest BCUT2D eigenvalue weighted by atomic mass is 16.5. The van der Waals surface area contributed by atoms with Gasteiger partial charge in [-0.05, 0) is 30.2 Å². The third-order valence-corrected chi connectivity index (χ3v) is 3.98. The third kappa shape index (κ3) is 4.70. The highest BCUT2D eigenvalue weighted by molar-refractivity contribution is 5.93. The van der Waals surface area contributed by atoms with Crippen LogP contribution in [-0.2, 0) is 5.41 Å². The predicted molar refractivity (Wildman–Crippen MR) is 97.0 cm³/mol. The number of nitrogens with one attached hydrogen (secondary N) is 1. The fraction of sp³-hybridized carbons (Fsp3) is 0.500. The van der Waals surface area contributed by atoms with E-state index in [2.05, 4.69) is 57.2 Å². The average molecular weight is 328 g/mol. The molecule has 24 heavy (non-hydrogen) atoms. The lowest BCUT2D eigenvalue weighted by molar-refractivity contribution is 0.0927. The Labute approximate surface area is 144 Å². The van der Waals surface area contributed by atoms with Crippen molar-refractivity contribution in [3.63, 3.8) is 0 Å². The molecule has 0 spiro atoms. The van der Waals surface area contributed by atoms with Gasteiger partial charge in [0.1, 0.15) is 0 Å². The van der Waals surface area contributed by atoms with E-state index in [0.29, 0.717) is 17.4 Å². The molecule has 2 aromatic rings. The molecule has 0 aliphatic carbocycles. The molecule has 0 aliphatic rings. The lowest BCUT2D eigenvalue weighted by Gasteiger charge is -2.18. The number of aromatic nitrogens is 1. The van der Waals surface area contributed by atoms with E-state index in [1.165, 1.54) is 5.56 Å². The van der Waals surface area contributed by atoms with Crippen LogP contribution in [0, 0.1) is 5.92 Å². The molecule has 4 heteroatoms. The first-order valence-corrected chi connectivity index (χ1v) is 8.55. The molecule has 4 nitrogen and oxygen atoms in total. The van der Waals surface area contributed by atoms with Crippen molar-refractivity contribution in [2.75, 3.05) is 0 Å². The van der Waals surface area contributed by atoms with Crippen LogP contribution in [0.3, 0.4) is 0 Å². The SMILES string of the molecule is CC(C)C[C@@H](C)NC(=O)c1cc(-c2ccc(C(C)(C)C)cc2)on1. The van der Waals surface area contributed by atoms with E-state index < -0.39 is 0 Å². The molecule has 0 bridgehead atoms. The van der Waals surface area contributed by atoms with Gasteiger partial charge in [-0.2, -0.15) is 0 Å². The lowest BCUT2D eigenvalue weighted by atomic mass is 9.86. The molecule has 1 N–H and O–H groups in total. The lowest BCUT2D eigenvalue weighted by Crippen LogP contribution is -2.33. The van der Waals surface area contributed by atoms with Gasteiger partial charge in [-0.25, -0.2) is 0 Å². The monoisotopic (exact) mass is 328 g/mol. The van der Waals surface area contributed by atoms with Crippen molar-refractivity contribution in [3.8, 4) is 11.3 Å². The number of carbonyl (C=O) groups is 1. The van der Waals surface area contributed by atoms with Crippen molar-refractivity contribution >= 4 is 5.91 Å².